The highest BCUT2D eigenvalue weighted by Gasteiger charge is 2.18. The van der Waals surface area contributed by atoms with Gasteiger partial charge in [0, 0.05) is 25.7 Å². The number of nitrogens with one attached hydrogen (secondary N) is 2. The summed E-state index contributed by atoms with van der Waals surface area (Å²) in [6.45, 7) is 11.3. The molecule has 1 aromatic carbocycles. The first kappa shape index (κ1) is 21.2. The van der Waals surface area contributed by atoms with E-state index >= 15 is 0 Å². The summed E-state index contributed by atoms with van der Waals surface area (Å²) in [5.41, 5.74) is 2.75. The second-order valence-corrected chi connectivity index (χ2v) is 6.31. The molecule has 136 valence electrons. The largest absolute Gasteiger partial charge is 0.357 e. The summed E-state index contributed by atoms with van der Waals surface area (Å²) < 4.78 is 0. The van der Waals surface area contributed by atoms with E-state index in [2.05, 4.69) is 60.6 Å². The molecule has 1 aliphatic heterocycles. The number of aliphatic imine (C=N–C) groups is 1. The average molecular weight is 444 g/mol. The number of hydrogen-bond acceptors (Lipinski definition) is 2. The van der Waals surface area contributed by atoms with E-state index in [0.29, 0.717) is 6.04 Å². The van der Waals surface area contributed by atoms with Crippen molar-refractivity contribution in [2.45, 2.75) is 59.2 Å². The summed E-state index contributed by atoms with van der Waals surface area (Å²) in [4.78, 5) is 7.33. The third-order valence-corrected chi connectivity index (χ3v) is 4.53. The first-order valence-corrected chi connectivity index (χ1v) is 9.07. The molecule has 0 amide bonds. The van der Waals surface area contributed by atoms with Gasteiger partial charge in [-0.25, -0.2) is 4.99 Å². The molecule has 0 radical (unpaired) electrons. The summed E-state index contributed by atoms with van der Waals surface area (Å²) in [7, 11) is 0. The summed E-state index contributed by atoms with van der Waals surface area (Å²) in [5.74, 6) is 0.899. The third kappa shape index (κ3) is 6.59. The van der Waals surface area contributed by atoms with Gasteiger partial charge in [0.1, 0.15) is 0 Å². The molecular weight excluding hydrogens is 411 g/mol. The predicted molar refractivity (Wildman–Crippen MR) is 114 cm³/mol. The van der Waals surface area contributed by atoms with Crippen molar-refractivity contribution in [3.8, 4) is 0 Å². The van der Waals surface area contributed by atoms with Crippen LogP contribution in [-0.2, 0) is 13.1 Å². The van der Waals surface area contributed by atoms with Crippen molar-refractivity contribution in [2.24, 2.45) is 4.99 Å². The van der Waals surface area contributed by atoms with Gasteiger partial charge in [0.15, 0.2) is 5.96 Å². The van der Waals surface area contributed by atoms with Crippen LogP contribution in [0.5, 0.6) is 0 Å². The van der Waals surface area contributed by atoms with Crippen molar-refractivity contribution in [2.75, 3.05) is 19.6 Å². The minimum Gasteiger partial charge on any atom is -0.357 e. The van der Waals surface area contributed by atoms with Crippen LogP contribution >= 0.6 is 24.0 Å². The van der Waals surface area contributed by atoms with Gasteiger partial charge in [0.05, 0.1) is 6.54 Å². The Hall–Kier alpha value is -0.820. The fraction of sp³-hybridized carbons (Fsp3) is 0.632. The number of halogens is 1. The number of likely N-dealkylation sites (tertiary alicyclic amines) is 1. The lowest BCUT2D eigenvalue weighted by Gasteiger charge is -2.33. The number of benzene rings is 1. The van der Waals surface area contributed by atoms with Gasteiger partial charge in [-0.1, -0.05) is 30.7 Å². The van der Waals surface area contributed by atoms with E-state index in [0.717, 1.165) is 32.1 Å². The number of nitrogens with zero attached hydrogens (tertiary/aromatic N) is 2. The van der Waals surface area contributed by atoms with Crippen molar-refractivity contribution in [3.05, 3.63) is 35.4 Å². The molecule has 1 fully saturated rings. The van der Waals surface area contributed by atoms with E-state index in [1.165, 1.54) is 36.9 Å². The molecule has 0 aromatic heterocycles. The lowest BCUT2D eigenvalue weighted by atomic mass is 10.0. The van der Waals surface area contributed by atoms with Crippen molar-refractivity contribution in [1.29, 1.82) is 0 Å². The second kappa shape index (κ2) is 11.7. The second-order valence-electron chi connectivity index (χ2n) is 6.31. The molecule has 1 atom stereocenters. The van der Waals surface area contributed by atoms with E-state index in [-0.39, 0.29) is 24.0 Å². The molecule has 4 nitrogen and oxygen atoms in total. The van der Waals surface area contributed by atoms with Crippen molar-refractivity contribution >= 4 is 29.9 Å². The normalized spacial score (nSPS) is 17.7. The molecule has 5 heteroatoms. The summed E-state index contributed by atoms with van der Waals surface area (Å²) in [5, 5.41) is 6.58. The van der Waals surface area contributed by atoms with Crippen molar-refractivity contribution in [3.63, 3.8) is 0 Å². The highest BCUT2D eigenvalue weighted by Crippen LogP contribution is 2.21. The third-order valence-electron chi connectivity index (χ3n) is 4.53. The smallest absolute Gasteiger partial charge is 0.191 e. The standard InChI is InChI=1S/C19H32N4.HI/c1-4-20-19(21-5-2)22-14-17-11-6-7-12-18(17)15-23-13-9-8-10-16(23)3;/h6-7,11-12,16H,4-5,8-10,13-15H2,1-3H3,(H2,20,21,22);1H. The van der Waals surface area contributed by atoms with Gasteiger partial charge in [0.2, 0.25) is 0 Å². The maximum Gasteiger partial charge on any atom is 0.191 e. The number of guanidine groups is 1. The highest BCUT2D eigenvalue weighted by molar-refractivity contribution is 14.0. The van der Waals surface area contributed by atoms with Gasteiger partial charge in [0.25, 0.3) is 0 Å². The summed E-state index contributed by atoms with van der Waals surface area (Å²) >= 11 is 0. The van der Waals surface area contributed by atoms with Crippen LogP contribution in [-0.4, -0.2) is 36.5 Å². The Labute approximate surface area is 164 Å². The highest BCUT2D eigenvalue weighted by atomic mass is 127. The quantitative estimate of drug-likeness (QED) is 0.399. The molecular formula is C19H33IN4. The molecule has 1 saturated heterocycles. The van der Waals surface area contributed by atoms with Crippen LogP contribution in [0.3, 0.4) is 0 Å². The zero-order valence-corrected chi connectivity index (χ0v) is 17.7. The number of rotatable bonds is 6. The maximum atomic E-state index is 4.72. The lowest BCUT2D eigenvalue weighted by Crippen LogP contribution is -2.37. The Kier molecular flexibility index (Phi) is 10.3. The molecule has 1 aliphatic rings. The van der Waals surface area contributed by atoms with E-state index in [4.69, 9.17) is 4.99 Å². The topological polar surface area (TPSA) is 39.7 Å². The van der Waals surface area contributed by atoms with Gasteiger partial charge in [-0.15, -0.1) is 24.0 Å². The molecule has 0 spiro atoms. The number of hydrogen-bond donors (Lipinski definition) is 2. The molecule has 1 heterocycles. The molecule has 2 rings (SSSR count). The van der Waals surface area contributed by atoms with E-state index < -0.39 is 0 Å². The van der Waals surface area contributed by atoms with Crippen LogP contribution in [0.15, 0.2) is 29.3 Å². The average Bonchev–Trinajstić information content (AvgIpc) is 2.56. The van der Waals surface area contributed by atoms with Crippen LogP contribution in [0.2, 0.25) is 0 Å². The minimum absolute atomic E-state index is 0. The van der Waals surface area contributed by atoms with Gasteiger partial charge < -0.3 is 10.6 Å². The van der Waals surface area contributed by atoms with E-state index in [9.17, 15) is 0 Å². The molecule has 0 aliphatic carbocycles. The fourth-order valence-corrected chi connectivity index (χ4v) is 3.15. The first-order valence-electron chi connectivity index (χ1n) is 9.07. The van der Waals surface area contributed by atoms with Crippen molar-refractivity contribution in [1.82, 2.24) is 15.5 Å². The minimum atomic E-state index is 0. The Morgan fingerprint density at radius 1 is 1.12 bits per heavy atom. The van der Waals surface area contributed by atoms with Gasteiger partial charge >= 0.3 is 0 Å². The summed E-state index contributed by atoms with van der Waals surface area (Å²) in [6.07, 6.45) is 4.03. The van der Waals surface area contributed by atoms with Crippen LogP contribution in [0.1, 0.15) is 51.2 Å². The Balaban J connectivity index is 0.00000288. The molecule has 24 heavy (non-hydrogen) atoms. The van der Waals surface area contributed by atoms with Gasteiger partial charge in [-0.3, -0.25) is 4.90 Å². The van der Waals surface area contributed by atoms with Gasteiger partial charge in [-0.05, 0) is 51.3 Å². The van der Waals surface area contributed by atoms with E-state index in [1.807, 2.05) is 0 Å². The predicted octanol–water partition coefficient (Wildman–Crippen LogP) is 3.75. The zero-order chi connectivity index (χ0) is 16.5. The van der Waals surface area contributed by atoms with Crippen molar-refractivity contribution < 1.29 is 0 Å². The van der Waals surface area contributed by atoms with E-state index in [1.54, 1.807) is 0 Å². The lowest BCUT2D eigenvalue weighted by molar-refractivity contribution is 0.152. The first-order chi connectivity index (χ1) is 11.2. The molecule has 1 unspecified atom stereocenters. The van der Waals surface area contributed by atoms with Crippen LogP contribution in [0, 0.1) is 0 Å². The van der Waals surface area contributed by atoms with Crippen LogP contribution in [0.25, 0.3) is 0 Å². The maximum absolute atomic E-state index is 4.72. The Morgan fingerprint density at radius 2 is 1.79 bits per heavy atom. The monoisotopic (exact) mass is 444 g/mol. The Morgan fingerprint density at radius 3 is 2.42 bits per heavy atom. The zero-order valence-electron chi connectivity index (χ0n) is 15.3. The molecule has 1 aromatic rings. The Bertz CT molecular complexity index is 496. The number of piperidine rings is 1. The van der Waals surface area contributed by atoms with Crippen LogP contribution < -0.4 is 10.6 Å². The van der Waals surface area contributed by atoms with Crippen LogP contribution in [0.4, 0.5) is 0 Å². The fourth-order valence-electron chi connectivity index (χ4n) is 3.15. The molecule has 2 N–H and O–H groups in total. The van der Waals surface area contributed by atoms with Gasteiger partial charge in [-0.2, -0.15) is 0 Å². The SMILES string of the molecule is CCNC(=NCc1ccccc1CN1CCCCC1C)NCC.I. The molecule has 0 saturated carbocycles. The summed E-state index contributed by atoms with van der Waals surface area (Å²) in [6, 6.07) is 9.43. The molecule has 0 bridgehead atoms.